The molecule has 0 heterocycles. The molecule has 1 rings (SSSR count). The van der Waals surface area contributed by atoms with Gasteiger partial charge in [-0.05, 0) is 18.1 Å². The van der Waals surface area contributed by atoms with Crippen LogP contribution in [0.25, 0.3) is 0 Å². The van der Waals surface area contributed by atoms with Crippen molar-refractivity contribution in [2.75, 3.05) is 27.9 Å². The molecule has 19 heavy (non-hydrogen) atoms. The molecule has 6 heteroatoms. The van der Waals surface area contributed by atoms with Crippen molar-refractivity contribution in [2.45, 2.75) is 6.42 Å². The minimum absolute atomic E-state index is 0.250. The Morgan fingerprint density at radius 3 is 2.11 bits per heavy atom. The zero-order valence-corrected chi connectivity index (χ0v) is 11.4. The van der Waals surface area contributed by atoms with E-state index >= 15 is 0 Å². The van der Waals surface area contributed by atoms with Crippen LogP contribution in [-0.2, 0) is 11.2 Å². The number of ether oxygens (including phenoxy) is 3. The molecule has 0 fully saturated rings. The summed E-state index contributed by atoms with van der Waals surface area (Å²) in [6, 6.07) is 3.38. The second kappa shape index (κ2) is 6.84. The van der Waals surface area contributed by atoms with Crippen LogP contribution in [-0.4, -0.2) is 33.8 Å². The Morgan fingerprint density at radius 2 is 1.68 bits per heavy atom. The lowest BCUT2D eigenvalue weighted by atomic mass is 9.98. The normalized spacial score (nSPS) is 11.8. The first kappa shape index (κ1) is 15.1. The molecule has 106 valence electrons. The van der Waals surface area contributed by atoms with Gasteiger partial charge in [-0.2, -0.15) is 0 Å². The third kappa shape index (κ3) is 3.51. The summed E-state index contributed by atoms with van der Waals surface area (Å²) in [4.78, 5) is 11.0. The lowest BCUT2D eigenvalue weighted by molar-refractivity contribution is -0.387. The quantitative estimate of drug-likeness (QED) is 0.675. The van der Waals surface area contributed by atoms with Crippen LogP contribution in [0.2, 0.25) is 0 Å². The summed E-state index contributed by atoms with van der Waals surface area (Å²) in [5, 5.41) is 11.0. The Hall–Kier alpha value is -1.95. The van der Waals surface area contributed by atoms with Gasteiger partial charge < -0.3 is 29.8 Å². The maximum absolute atomic E-state index is 11.0. The highest BCUT2D eigenvalue weighted by atomic mass is 16.5. The molecule has 0 bridgehead atoms. The number of carbonyl (C=O) groups excluding carboxylic acids is 1. The van der Waals surface area contributed by atoms with Crippen LogP contribution in [0.1, 0.15) is 5.56 Å². The van der Waals surface area contributed by atoms with Gasteiger partial charge in [0.15, 0.2) is 11.5 Å². The van der Waals surface area contributed by atoms with E-state index in [0.717, 1.165) is 5.56 Å². The van der Waals surface area contributed by atoms with Crippen LogP contribution in [0, 0.1) is 5.92 Å². The van der Waals surface area contributed by atoms with Crippen molar-refractivity contribution in [2.24, 2.45) is 5.92 Å². The van der Waals surface area contributed by atoms with Gasteiger partial charge >= 0.3 is 0 Å². The monoisotopic (exact) mass is 269 g/mol. The molecule has 0 amide bonds. The fourth-order valence-electron chi connectivity index (χ4n) is 1.82. The van der Waals surface area contributed by atoms with E-state index in [2.05, 4.69) is 5.73 Å². The third-order valence-electron chi connectivity index (χ3n) is 2.93. The molecule has 0 spiro atoms. The minimum Gasteiger partial charge on any atom is -0.550 e. The SMILES string of the molecule is COc1cc(OC)c(OC)cc1C[C@@H](C[NH3+])C(=O)[O-]. The standard InChI is InChI=1S/C13H19NO5/c1-17-10-6-12(19-3)11(18-2)5-8(10)4-9(7-14)13(15)16/h5-6,9H,4,7,14H2,1-3H3,(H,15,16)/t9-/m0/s1. The fraction of sp³-hybridized carbons (Fsp3) is 0.462. The van der Waals surface area contributed by atoms with E-state index in [1.54, 1.807) is 12.1 Å². The molecule has 1 atom stereocenters. The minimum atomic E-state index is -1.12. The molecule has 0 saturated heterocycles. The van der Waals surface area contributed by atoms with Crippen molar-refractivity contribution in [3.05, 3.63) is 17.7 Å². The molecular weight excluding hydrogens is 250 g/mol. The molecule has 0 aromatic heterocycles. The van der Waals surface area contributed by atoms with Gasteiger partial charge in [-0.25, -0.2) is 0 Å². The summed E-state index contributed by atoms with van der Waals surface area (Å²) in [6.07, 6.45) is 0.273. The molecule has 1 aromatic rings. The Morgan fingerprint density at radius 1 is 1.16 bits per heavy atom. The maximum atomic E-state index is 11.0. The van der Waals surface area contributed by atoms with Gasteiger partial charge in [-0.3, -0.25) is 0 Å². The van der Waals surface area contributed by atoms with E-state index in [9.17, 15) is 9.90 Å². The summed E-state index contributed by atoms with van der Waals surface area (Å²) in [6.45, 7) is 0.250. The summed E-state index contributed by atoms with van der Waals surface area (Å²) in [5.74, 6) is -0.168. The van der Waals surface area contributed by atoms with Gasteiger partial charge in [0, 0.05) is 6.07 Å². The number of carboxylic acid groups (broad SMARTS) is 1. The maximum Gasteiger partial charge on any atom is 0.164 e. The van der Waals surface area contributed by atoms with Crippen LogP contribution in [0.3, 0.4) is 0 Å². The van der Waals surface area contributed by atoms with Gasteiger partial charge in [-0.1, -0.05) is 0 Å². The van der Waals surface area contributed by atoms with Crippen LogP contribution < -0.4 is 25.1 Å². The Bertz CT molecular complexity index is 447. The first-order chi connectivity index (χ1) is 9.07. The molecule has 0 radical (unpaired) electrons. The zero-order valence-electron chi connectivity index (χ0n) is 11.4. The number of hydrogen-bond acceptors (Lipinski definition) is 5. The molecule has 0 unspecified atom stereocenters. The van der Waals surface area contributed by atoms with Crippen LogP contribution in [0.15, 0.2) is 12.1 Å². The van der Waals surface area contributed by atoms with Gasteiger partial charge in [-0.15, -0.1) is 0 Å². The largest absolute Gasteiger partial charge is 0.550 e. The predicted octanol–water partition coefficient (Wildman–Crippen LogP) is -1.14. The van der Waals surface area contributed by atoms with E-state index < -0.39 is 11.9 Å². The second-order valence-electron chi connectivity index (χ2n) is 4.03. The number of methoxy groups -OCH3 is 3. The lowest BCUT2D eigenvalue weighted by Crippen LogP contribution is -2.57. The smallest absolute Gasteiger partial charge is 0.164 e. The summed E-state index contributed by atoms with van der Waals surface area (Å²) >= 11 is 0. The topological polar surface area (TPSA) is 95.5 Å². The van der Waals surface area contributed by atoms with Crippen LogP contribution in [0.4, 0.5) is 0 Å². The van der Waals surface area contributed by atoms with Crippen LogP contribution >= 0.6 is 0 Å². The van der Waals surface area contributed by atoms with Gasteiger partial charge in [0.05, 0.1) is 39.8 Å². The number of hydrogen-bond donors (Lipinski definition) is 1. The third-order valence-corrected chi connectivity index (χ3v) is 2.93. The van der Waals surface area contributed by atoms with Crippen LogP contribution in [0.5, 0.6) is 17.2 Å². The van der Waals surface area contributed by atoms with E-state index in [0.29, 0.717) is 17.2 Å². The van der Waals surface area contributed by atoms with E-state index in [1.165, 1.54) is 21.3 Å². The summed E-state index contributed by atoms with van der Waals surface area (Å²) in [7, 11) is 4.56. The molecule has 0 saturated carbocycles. The Labute approximate surface area is 112 Å². The highest BCUT2D eigenvalue weighted by Gasteiger charge is 2.17. The number of quaternary nitrogens is 1. The highest BCUT2D eigenvalue weighted by Crippen LogP contribution is 2.35. The molecule has 6 nitrogen and oxygen atoms in total. The molecule has 0 aliphatic carbocycles. The molecule has 3 N–H and O–H groups in total. The molecule has 0 aliphatic heterocycles. The number of carbonyl (C=O) groups is 1. The number of carboxylic acids is 1. The van der Waals surface area contributed by atoms with Gasteiger partial charge in [0.1, 0.15) is 5.75 Å². The van der Waals surface area contributed by atoms with E-state index in [-0.39, 0.29) is 13.0 Å². The second-order valence-corrected chi connectivity index (χ2v) is 4.03. The molecular formula is C13H19NO5. The lowest BCUT2D eigenvalue weighted by Gasteiger charge is -2.18. The Kier molecular flexibility index (Phi) is 5.44. The number of benzene rings is 1. The van der Waals surface area contributed by atoms with Crippen molar-refractivity contribution in [1.29, 1.82) is 0 Å². The van der Waals surface area contributed by atoms with E-state index in [1.807, 2.05) is 0 Å². The fourth-order valence-corrected chi connectivity index (χ4v) is 1.82. The summed E-state index contributed by atoms with van der Waals surface area (Å²) < 4.78 is 15.6. The Balaban J connectivity index is 3.14. The van der Waals surface area contributed by atoms with Crippen molar-refractivity contribution in [3.8, 4) is 17.2 Å². The predicted molar refractivity (Wildman–Crippen MR) is 66.1 cm³/mol. The van der Waals surface area contributed by atoms with Crippen molar-refractivity contribution in [3.63, 3.8) is 0 Å². The van der Waals surface area contributed by atoms with Crippen molar-refractivity contribution in [1.82, 2.24) is 0 Å². The molecule has 0 aliphatic rings. The number of rotatable bonds is 7. The van der Waals surface area contributed by atoms with Gasteiger partial charge in [0.2, 0.25) is 0 Å². The zero-order chi connectivity index (χ0) is 14.4. The first-order valence-corrected chi connectivity index (χ1v) is 5.86. The van der Waals surface area contributed by atoms with Gasteiger partial charge in [0.25, 0.3) is 0 Å². The van der Waals surface area contributed by atoms with E-state index in [4.69, 9.17) is 14.2 Å². The number of aliphatic carboxylic acids is 1. The summed E-state index contributed by atoms with van der Waals surface area (Å²) in [5.41, 5.74) is 4.34. The highest BCUT2D eigenvalue weighted by molar-refractivity contribution is 5.68. The molecule has 1 aromatic carbocycles. The van der Waals surface area contributed by atoms with Crippen molar-refractivity contribution < 1.29 is 29.8 Å². The average molecular weight is 269 g/mol. The van der Waals surface area contributed by atoms with Crippen molar-refractivity contribution >= 4 is 5.97 Å². The first-order valence-electron chi connectivity index (χ1n) is 5.86. The average Bonchev–Trinajstić information content (AvgIpc) is 2.43.